The number of carbonyl (C=O) groups is 1. The molecule has 21 heavy (non-hydrogen) atoms. The number of hydrogen-bond acceptors (Lipinski definition) is 3. The van der Waals surface area contributed by atoms with E-state index >= 15 is 0 Å². The van der Waals surface area contributed by atoms with Gasteiger partial charge in [-0.25, -0.2) is 0 Å². The minimum absolute atomic E-state index is 0.0555. The van der Waals surface area contributed by atoms with E-state index in [0.717, 1.165) is 29.6 Å². The Morgan fingerprint density at radius 3 is 2.95 bits per heavy atom. The summed E-state index contributed by atoms with van der Waals surface area (Å²) in [6.45, 7) is 3.05. The number of methoxy groups -OCH3 is 1. The lowest BCUT2D eigenvalue weighted by Crippen LogP contribution is -2.35. The molecule has 1 heterocycles. The van der Waals surface area contributed by atoms with Gasteiger partial charge in [-0.15, -0.1) is 0 Å². The topological polar surface area (TPSA) is 57.4 Å². The van der Waals surface area contributed by atoms with Gasteiger partial charge in [0, 0.05) is 43.8 Å². The summed E-state index contributed by atoms with van der Waals surface area (Å²) in [5, 5.41) is 4.07. The molecular weight excluding hydrogens is 266 g/mol. The number of ether oxygens (including phenoxy) is 1. The molecular formula is C16H23N3O2. The van der Waals surface area contributed by atoms with E-state index in [4.69, 9.17) is 4.74 Å². The smallest absolute Gasteiger partial charge is 0.224 e. The van der Waals surface area contributed by atoms with Gasteiger partial charge in [0.1, 0.15) is 0 Å². The molecule has 0 radical (unpaired) electrons. The minimum Gasteiger partial charge on any atom is -0.383 e. The summed E-state index contributed by atoms with van der Waals surface area (Å²) in [5.41, 5.74) is 2.11. The van der Waals surface area contributed by atoms with Crippen LogP contribution in [0.25, 0.3) is 10.9 Å². The van der Waals surface area contributed by atoms with E-state index in [1.54, 1.807) is 7.11 Å². The number of para-hydroxylation sites is 1. The zero-order chi connectivity index (χ0) is 15.1. The molecule has 0 aliphatic rings. The molecule has 2 aromatic rings. The van der Waals surface area contributed by atoms with Crippen LogP contribution in [-0.2, 0) is 16.0 Å². The molecule has 0 unspecified atom stereocenters. The van der Waals surface area contributed by atoms with Crippen molar-refractivity contribution in [1.29, 1.82) is 0 Å². The van der Waals surface area contributed by atoms with Crippen molar-refractivity contribution in [2.45, 2.75) is 6.42 Å². The molecule has 114 valence electrons. The lowest BCUT2D eigenvalue weighted by Gasteiger charge is -2.16. The average molecular weight is 289 g/mol. The largest absolute Gasteiger partial charge is 0.383 e. The molecule has 0 bridgehead atoms. The first kappa shape index (κ1) is 15.5. The number of hydrogen-bond donors (Lipinski definition) is 2. The van der Waals surface area contributed by atoms with Crippen molar-refractivity contribution in [3.8, 4) is 0 Å². The number of H-pyrrole nitrogens is 1. The normalized spacial score (nSPS) is 11.2. The second-order valence-corrected chi connectivity index (χ2v) is 5.18. The lowest BCUT2D eigenvalue weighted by atomic mass is 10.1. The zero-order valence-electron chi connectivity index (χ0n) is 12.7. The fourth-order valence-corrected chi connectivity index (χ4v) is 2.26. The van der Waals surface area contributed by atoms with Crippen LogP contribution in [-0.4, -0.2) is 56.2 Å². The molecule has 5 nitrogen and oxygen atoms in total. The number of carbonyl (C=O) groups excluding carboxylic acids is 1. The first-order valence-electron chi connectivity index (χ1n) is 7.20. The summed E-state index contributed by atoms with van der Waals surface area (Å²) in [6.07, 6.45) is 2.32. The molecule has 2 rings (SSSR count). The van der Waals surface area contributed by atoms with E-state index in [9.17, 15) is 4.79 Å². The molecule has 1 amide bonds. The van der Waals surface area contributed by atoms with Crippen LogP contribution in [0.5, 0.6) is 0 Å². The summed E-state index contributed by atoms with van der Waals surface area (Å²) in [5.74, 6) is 0.0555. The molecule has 0 saturated carbocycles. The molecule has 1 aromatic carbocycles. The Morgan fingerprint density at radius 1 is 1.33 bits per heavy atom. The Morgan fingerprint density at radius 2 is 2.14 bits per heavy atom. The Bertz CT molecular complexity index is 580. The molecule has 1 aromatic heterocycles. The second kappa shape index (κ2) is 7.81. The van der Waals surface area contributed by atoms with Gasteiger partial charge in [0.15, 0.2) is 0 Å². The minimum atomic E-state index is 0.0555. The van der Waals surface area contributed by atoms with E-state index in [1.807, 2.05) is 37.5 Å². The molecule has 0 atom stereocenters. The monoisotopic (exact) mass is 289 g/mol. The van der Waals surface area contributed by atoms with Crippen molar-refractivity contribution in [3.05, 3.63) is 36.0 Å². The van der Waals surface area contributed by atoms with Gasteiger partial charge in [-0.2, -0.15) is 0 Å². The maximum Gasteiger partial charge on any atom is 0.224 e. The first-order chi connectivity index (χ1) is 10.2. The summed E-state index contributed by atoms with van der Waals surface area (Å²) in [7, 11) is 3.71. The van der Waals surface area contributed by atoms with Gasteiger partial charge < -0.3 is 19.9 Å². The third-order valence-electron chi connectivity index (χ3n) is 3.52. The van der Waals surface area contributed by atoms with Gasteiger partial charge in [-0.1, -0.05) is 18.2 Å². The molecule has 0 saturated heterocycles. The second-order valence-electron chi connectivity index (χ2n) is 5.18. The van der Waals surface area contributed by atoms with Crippen LogP contribution < -0.4 is 5.32 Å². The maximum atomic E-state index is 12.0. The zero-order valence-corrected chi connectivity index (χ0v) is 12.7. The predicted molar refractivity (Wildman–Crippen MR) is 84.4 cm³/mol. The molecule has 5 heteroatoms. The highest BCUT2D eigenvalue weighted by atomic mass is 16.5. The van der Waals surface area contributed by atoms with Gasteiger partial charge in [-0.3, -0.25) is 4.79 Å². The summed E-state index contributed by atoms with van der Waals surface area (Å²) >= 11 is 0. The SMILES string of the molecule is COCCN(C)CCNC(=O)Cc1c[nH]c2ccccc12. The number of amides is 1. The van der Waals surface area contributed by atoms with Crippen molar-refractivity contribution >= 4 is 16.8 Å². The Balaban J connectivity index is 1.77. The van der Waals surface area contributed by atoms with Gasteiger partial charge in [-0.05, 0) is 18.7 Å². The number of aromatic nitrogens is 1. The van der Waals surface area contributed by atoms with Crippen LogP contribution in [0.15, 0.2) is 30.5 Å². The van der Waals surface area contributed by atoms with E-state index in [2.05, 4.69) is 15.2 Å². The molecule has 0 spiro atoms. The highest BCUT2D eigenvalue weighted by molar-refractivity contribution is 5.88. The van der Waals surface area contributed by atoms with Crippen LogP contribution >= 0.6 is 0 Å². The Labute approximate surface area is 125 Å². The first-order valence-corrected chi connectivity index (χ1v) is 7.20. The van der Waals surface area contributed by atoms with Gasteiger partial charge in [0.25, 0.3) is 0 Å². The van der Waals surface area contributed by atoms with Crippen molar-refractivity contribution in [3.63, 3.8) is 0 Å². The maximum absolute atomic E-state index is 12.0. The number of benzene rings is 1. The van der Waals surface area contributed by atoms with E-state index in [-0.39, 0.29) is 5.91 Å². The van der Waals surface area contributed by atoms with Crippen molar-refractivity contribution in [2.75, 3.05) is 40.4 Å². The molecule has 0 aliphatic carbocycles. The Kier molecular flexibility index (Phi) is 5.78. The highest BCUT2D eigenvalue weighted by Gasteiger charge is 2.08. The van der Waals surface area contributed by atoms with Gasteiger partial charge in [0.05, 0.1) is 13.0 Å². The fraction of sp³-hybridized carbons (Fsp3) is 0.438. The van der Waals surface area contributed by atoms with Crippen molar-refractivity contribution in [1.82, 2.24) is 15.2 Å². The fourth-order valence-electron chi connectivity index (χ4n) is 2.26. The number of rotatable bonds is 8. The summed E-state index contributed by atoms with van der Waals surface area (Å²) in [6, 6.07) is 8.02. The third kappa shape index (κ3) is 4.58. The van der Waals surface area contributed by atoms with Crippen LogP contribution in [0, 0.1) is 0 Å². The number of nitrogens with zero attached hydrogens (tertiary/aromatic N) is 1. The van der Waals surface area contributed by atoms with E-state index in [0.29, 0.717) is 19.6 Å². The Hall–Kier alpha value is -1.85. The van der Waals surface area contributed by atoms with Gasteiger partial charge >= 0.3 is 0 Å². The van der Waals surface area contributed by atoms with Crippen molar-refractivity contribution in [2.24, 2.45) is 0 Å². The van der Waals surface area contributed by atoms with Crippen LogP contribution in [0.2, 0.25) is 0 Å². The standard InChI is InChI=1S/C16H23N3O2/c1-19(9-10-21-2)8-7-17-16(20)11-13-12-18-15-6-4-3-5-14(13)15/h3-6,12,18H,7-11H2,1-2H3,(H,17,20). The molecule has 0 aliphatic heterocycles. The summed E-state index contributed by atoms with van der Waals surface area (Å²) < 4.78 is 5.02. The summed E-state index contributed by atoms with van der Waals surface area (Å²) in [4.78, 5) is 17.3. The predicted octanol–water partition coefficient (Wildman–Crippen LogP) is 1.40. The number of fused-ring (bicyclic) bond motifs is 1. The third-order valence-corrected chi connectivity index (χ3v) is 3.52. The van der Waals surface area contributed by atoms with Crippen molar-refractivity contribution < 1.29 is 9.53 Å². The average Bonchev–Trinajstić information content (AvgIpc) is 2.88. The highest BCUT2D eigenvalue weighted by Crippen LogP contribution is 2.17. The molecule has 0 fully saturated rings. The number of nitrogens with one attached hydrogen (secondary N) is 2. The quantitative estimate of drug-likeness (QED) is 0.772. The van der Waals surface area contributed by atoms with E-state index in [1.165, 1.54) is 0 Å². The van der Waals surface area contributed by atoms with Crippen LogP contribution in [0.1, 0.15) is 5.56 Å². The molecule has 2 N–H and O–H groups in total. The van der Waals surface area contributed by atoms with Crippen LogP contribution in [0.3, 0.4) is 0 Å². The van der Waals surface area contributed by atoms with Crippen LogP contribution in [0.4, 0.5) is 0 Å². The number of aromatic amines is 1. The lowest BCUT2D eigenvalue weighted by molar-refractivity contribution is -0.120. The van der Waals surface area contributed by atoms with E-state index < -0.39 is 0 Å². The number of likely N-dealkylation sites (N-methyl/N-ethyl adjacent to an activating group) is 1. The van der Waals surface area contributed by atoms with Gasteiger partial charge in [0.2, 0.25) is 5.91 Å².